The SMILES string of the molecule is Cc1c(-c2ccc(Cl)cc2O)c([C@H](OC(C)(C)C)C(=O)O)c(C)c2c1-c1ccccc1CN2S(C)(=O)=O. The lowest BCUT2D eigenvalue weighted by atomic mass is 9.80. The maximum atomic E-state index is 13.0. The number of nitrogens with zero attached hydrogens (tertiary/aromatic N) is 1. The fraction of sp³-hybridized carbons (Fsp3) is 0.321. The number of carboxylic acid groups (broad SMARTS) is 1. The topological polar surface area (TPSA) is 104 Å². The van der Waals surface area contributed by atoms with Crippen LogP contribution in [0.25, 0.3) is 22.3 Å². The largest absolute Gasteiger partial charge is 0.507 e. The van der Waals surface area contributed by atoms with E-state index in [0.29, 0.717) is 38.5 Å². The number of hydrogen-bond acceptors (Lipinski definition) is 5. The minimum atomic E-state index is -3.73. The normalized spacial score (nSPS) is 14.2. The van der Waals surface area contributed by atoms with Crippen molar-refractivity contribution < 1.29 is 28.2 Å². The zero-order chi connectivity index (χ0) is 27.4. The molecule has 37 heavy (non-hydrogen) atoms. The average Bonchev–Trinajstić information content (AvgIpc) is 2.78. The van der Waals surface area contributed by atoms with Crippen molar-refractivity contribution in [2.75, 3.05) is 10.6 Å². The number of fused-ring (bicyclic) bond motifs is 3. The molecule has 3 aromatic carbocycles. The summed E-state index contributed by atoms with van der Waals surface area (Å²) in [4.78, 5) is 12.7. The number of aliphatic carboxylic acids is 1. The quantitative estimate of drug-likeness (QED) is 0.396. The number of halogens is 1. The number of phenolic OH excluding ortho intramolecular Hbond substituents is 1. The van der Waals surface area contributed by atoms with Gasteiger partial charge in [-0.25, -0.2) is 13.2 Å². The maximum absolute atomic E-state index is 13.0. The van der Waals surface area contributed by atoms with Gasteiger partial charge in [-0.3, -0.25) is 4.31 Å². The first-order valence-electron chi connectivity index (χ1n) is 11.7. The van der Waals surface area contributed by atoms with Gasteiger partial charge in [0.05, 0.1) is 24.1 Å². The molecule has 1 heterocycles. The summed E-state index contributed by atoms with van der Waals surface area (Å²) in [5.41, 5.74) is 4.11. The number of hydrogen-bond donors (Lipinski definition) is 2. The Balaban J connectivity index is 2.23. The Morgan fingerprint density at radius 2 is 1.70 bits per heavy atom. The van der Waals surface area contributed by atoms with Gasteiger partial charge in [-0.15, -0.1) is 0 Å². The Kier molecular flexibility index (Phi) is 6.82. The third-order valence-electron chi connectivity index (χ3n) is 6.45. The molecule has 2 N–H and O–H groups in total. The molecule has 0 saturated carbocycles. The lowest BCUT2D eigenvalue weighted by molar-refractivity contribution is -0.160. The Labute approximate surface area is 222 Å². The molecular weight excluding hydrogens is 514 g/mol. The number of carboxylic acids is 1. The van der Waals surface area contributed by atoms with Crippen molar-refractivity contribution in [1.29, 1.82) is 0 Å². The Morgan fingerprint density at radius 1 is 1.05 bits per heavy atom. The minimum Gasteiger partial charge on any atom is -0.507 e. The van der Waals surface area contributed by atoms with Crippen molar-refractivity contribution in [1.82, 2.24) is 0 Å². The van der Waals surface area contributed by atoms with Crippen LogP contribution in [-0.4, -0.2) is 36.5 Å². The molecule has 0 radical (unpaired) electrons. The van der Waals surface area contributed by atoms with E-state index in [1.807, 2.05) is 31.2 Å². The van der Waals surface area contributed by atoms with Gasteiger partial charge in [0, 0.05) is 21.7 Å². The number of aromatic hydroxyl groups is 1. The van der Waals surface area contributed by atoms with Gasteiger partial charge < -0.3 is 14.9 Å². The van der Waals surface area contributed by atoms with Gasteiger partial charge in [-0.2, -0.15) is 0 Å². The van der Waals surface area contributed by atoms with Crippen molar-refractivity contribution in [3.8, 4) is 28.0 Å². The molecule has 0 saturated heterocycles. The molecular formula is C28H30ClNO6S. The second-order valence-corrected chi connectivity index (χ2v) is 12.6. The molecule has 196 valence electrons. The zero-order valence-electron chi connectivity index (χ0n) is 21.6. The van der Waals surface area contributed by atoms with Gasteiger partial charge >= 0.3 is 5.97 Å². The van der Waals surface area contributed by atoms with Crippen LogP contribution in [0.15, 0.2) is 42.5 Å². The van der Waals surface area contributed by atoms with E-state index in [-0.39, 0.29) is 17.9 Å². The predicted octanol–water partition coefficient (Wildman–Crippen LogP) is 6.22. The number of phenols is 1. The van der Waals surface area contributed by atoms with E-state index in [9.17, 15) is 23.4 Å². The summed E-state index contributed by atoms with van der Waals surface area (Å²) in [5, 5.41) is 21.6. The number of rotatable bonds is 5. The first kappa shape index (κ1) is 27.0. The molecule has 1 aliphatic rings. The number of anilines is 1. The Morgan fingerprint density at radius 3 is 2.27 bits per heavy atom. The Hall–Kier alpha value is -3.07. The molecule has 0 aliphatic carbocycles. The van der Waals surface area contributed by atoms with Crippen molar-refractivity contribution >= 4 is 33.3 Å². The zero-order valence-corrected chi connectivity index (χ0v) is 23.2. The molecule has 9 heteroatoms. The maximum Gasteiger partial charge on any atom is 0.337 e. The number of carbonyl (C=O) groups is 1. The van der Waals surface area contributed by atoms with Crippen LogP contribution in [0.4, 0.5) is 5.69 Å². The molecule has 0 aromatic heterocycles. The summed E-state index contributed by atoms with van der Waals surface area (Å²) in [6.07, 6.45) is -0.300. The summed E-state index contributed by atoms with van der Waals surface area (Å²) in [6.45, 7) is 8.89. The van der Waals surface area contributed by atoms with Crippen LogP contribution in [0.1, 0.15) is 49.1 Å². The highest BCUT2D eigenvalue weighted by Crippen LogP contribution is 2.52. The predicted molar refractivity (Wildman–Crippen MR) is 146 cm³/mol. The lowest BCUT2D eigenvalue weighted by Crippen LogP contribution is -2.34. The second-order valence-electron chi connectivity index (χ2n) is 10.3. The van der Waals surface area contributed by atoms with Crippen molar-refractivity contribution in [2.45, 2.75) is 52.9 Å². The summed E-state index contributed by atoms with van der Waals surface area (Å²) in [7, 11) is -3.73. The van der Waals surface area contributed by atoms with Gasteiger partial charge in [-0.1, -0.05) is 35.9 Å². The first-order valence-corrected chi connectivity index (χ1v) is 14.0. The number of benzene rings is 3. The van der Waals surface area contributed by atoms with Crippen LogP contribution < -0.4 is 4.31 Å². The van der Waals surface area contributed by atoms with Crippen LogP contribution in [0.3, 0.4) is 0 Å². The monoisotopic (exact) mass is 543 g/mol. The summed E-state index contributed by atoms with van der Waals surface area (Å²) >= 11 is 6.11. The minimum absolute atomic E-state index is 0.116. The molecule has 4 rings (SSSR count). The standard InChI is InChI=1S/C28H30ClNO6S/c1-15-22(20-12-11-18(29)13-21(20)31)24(26(27(32)33)36-28(3,4)5)16(2)25-23(15)19-10-8-7-9-17(19)14-30(25)37(6,34)35/h7-13,26,31H,14H2,1-6H3,(H,32,33)/t26-/m0/s1. The molecule has 0 bridgehead atoms. The lowest BCUT2D eigenvalue weighted by Gasteiger charge is -2.37. The fourth-order valence-corrected chi connectivity index (χ4v) is 6.14. The summed E-state index contributed by atoms with van der Waals surface area (Å²) in [6, 6.07) is 12.2. The van der Waals surface area contributed by atoms with Crippen molar-refractivity contribution in [3.63, 3.8) is 0 Å². The molecule has 1 atom stereocenters. The molecule has 0 fully saturated rings. The van der Waals surface area contributed by atoms with E-state index in [0.717, 1.165) is 17.4 Å². The summed E-state index contributed by atoms with van der Waals surface area (Å²) < 4.78 is 33.4. The highest BCUT2D eigenvalue weighted by molar-refractivity contribution is 7.92. The molecule has 0 amide bonds. The van der Waals surface area contributed by atoms with E-state index in [4.69, 9.17) is 16.3 Å². The highest BCUT2D eigenvalue weighted by Gasteiger charge is 2.38. The van der Waals surface area contributed by atoms with E-state index in [1.165, 1.54) is 10.4 Å². The molecule has 7 nitrogen and oxygen atoms in total. The third kappa shape index (κ3) is 4.93. The van der Waals surface area contributed by atoms with Gasteiger partial charge in [0.15, 0.2) is 6.10 Å². The van der Waals surface area contributed by atoms with Crippen LogP contribution >= 0.6 is 11.6 Å². The first-order chi connectivity index (χ1) is 17.1. The fourth-order valence-electron chi connectivity index (χ4n) is 5.04. The highest BCUT2D eigenvalue weighted by atomic mass is 35.5. The van der Waals surface area contributed by atoms with E-state index < -0.39 is 27.7 Å². The van der Waals surface area contributed by atoms with Crippen LogP contribution in [-0.2, 0) is 26.1 Å². The van der Waals surface area contributed by atoms with Crippen molar-refractivity contribution in [3.05, 3.63) is 69.7 Å². The molecule has 3 aromatic rings. The van der Waals surface area contributed by atoms with Crippen LogP contribution in [0.5, 0.6) is 5.75 Å². The number of sulfonamides is 1. The molecule has 0 unspecified atom stereocenters. The van der Waals surface area contributed by atoms with Crippen molar-refractivity contribution in [2.24, 2.45) is 0 Å². The van der Waals surface area contributed by atoms with Gasteiger partial charge in [-0.05, 0) is 80.6 Å². The molecule has 1 aliphatic heterocycles. The number of ether oxygens (including phenoxy) is 1. The van der Waals surface area contributed by atoms with E-state index >= 15 is 0 Å². The average molecular weight is 544 g/mol. The summed E-state index contributed by atoms with van der Waals surface area (Å²) in [5.74, 6) is -1.35. The molecule has 0 spiro atoms. The van der Waals surface area contributed by atoms with Gasteiger partial charge in [0.25, 0.3) is 0 Å². The van der Waals surface area contributed by atoms with Crippen LogP contribution in [0, 0.1) is 13.8 Å². The third-order valence-corrected chi connectivity index (χ3v) is 7.80. The van der Waals surface area contributed by atoms with Crippen LogP contribution in [0.2, 0.25) is 5.02 Å². The smallest absolute Gasteiger partial charge is 0.337 e. The van der Waals surface area contributed by atoms with Gasteiger partial charge in [0.2, 0.25) is 10.0 Å². The van der Waals surface area contributed by atoms with E-state index in [1.54, 1.807) is 39.8 Å². The Bertz CT molecular complexity index is 1520. The second kappa shape index (κ2) is 9.35. The van der Waals surface area contributed by atoms with E-state index in [2.05, 4.69) is 0 Å². The van der Waals surface area contributed by atoms with Gasteiger partial charge in [0.1, 0.15) is 5.75 Å².